The lowest BCUT2D eigenvalue weighted by molar-refractivity contribution is -0.0172. The van der Waals surface area contributed by atoms with Crippen LogP contribution in [0.2, 0.25) is 0 Å². The van der Waals surface area contributed by atoms with Crippen molar-refractivity contribution in [3.63, 3.8) is 0 Å². The van der Waals surface area contributed by atoms with Crippen LogP contribution in [0.1, 0.15) is 24.8 Å². The van der Waals surface area contributed by atoms with Crippen molar-refractivity contribution in [1.29, 1.82) is 0 Å². The van der Waals surface area contributed by atoms with E-state index in [1.807, 2.05) is 30.3 Å². The molecule has 4 nitrogen and oxygen atoms in total. The fourth-order valence-corrected chi connectivity index (χ4v) is 2.52. The van der Waals surface area contributed by atoms with Gasteiger partial charge in [-0.2, -0.15) is 0 Å². The Morgan fingerprint density at radius 1 is 1.25 bits per heavy atom. The lowest BCUT2D eigenvalue weighted by Gasteiger charge is -2.28. The molecule has 1 aromatic carbocycles. The first-order chi connectivity index (χ1) is 9.74. The molecule has 0 bridgehead atoms. The average molecular weight is 279 g/mol. The molecule has 3 N–H and O–H groups in total. The molecule has 1 aliphatic rings. The van der Waals surface area contributed by atoms with E-state index in [-0.39, 0.29) is 6.54 Å². The van der Waals surface area contributed by atoms with Gasteiger partial charge < -0.3 is 20.3 Å². The highest BCUT2D eigenvalue weighted by Crippen LogP contribution is 2.24. The number of nitrogens with two attached hydrogens (primary N) is 1. The van der Waals surface area contributed by atoms with E-state index in [1.54, 1.807) is 0 Å². The lowest BCUT2D eigenvalue weighted by atomic mass is 9.91. The van der Waals surface area contributed by atoms with Gasteiger partial charge in [-0.15, -0.1) is 0 Å². The van der Waals surface area contributed by atoms with Gasteiger partial charge in [-0.1, -0.05) is 30.3 Å². The largest absolute Gasteiger partial charge is 0.384 e. The first-order valence-corrected chi connectivity index (χ1v) is 7.38. The van der Waals surface area contributed by atoms with Crippen molar-refractivity contribution in [3.05, 3.63) is 35.9 Å². The Kier molecular flexibility index (Phi) is 5.98. The van der Waals surface area contributed by atoms with E-state index in [0.29, 0.717) is 18.9 Å². The summed E-state index contributed by atoms with van der Waals surface area (Å²) in [5.74, 6) is 0.589. The molecule has 0 radical (unpaired) electrons. The first-order valence-electron chi connectivity index (χ1n) is 7.38. The van der Waals surface area contributed by atoms with Crippen molar-refractivity contribution in [3.8, 4) is 0 Å². The van der Waals surface area contributed by atoms with Crippen LogP contribution in [-0.2, 0) is 15.1 Å². The van der Waals surface area contributed by atoms with E-state index >= 15 is 0 Å². The second-order valence-electron chi connectivity index (χ2n) is 5.48. The zero-order valence-corrected chi connectivity index (χ0v) is 12.0. The maximum absolute atomic E-state index is 10.6. The van der Waals surface area contributed by atoms with Crippen molar-refractivity contribution in [2.24, 2.45) is 11.7 Å². The summed E-state index contributed by atoms with van der Waals surface area (Å²) in [6.07, 6.45) is 2.66. The molecule has 20 heavy (non-hydrogen) atoms. The Balaban J connectivity index is 1.76. The Bertz CT molecular complexity index is 379. The number of benzene rings is 1. The SMILES string of the molecule is NCC(O)(CCOCC1CCOCC1)c1ccccc1. The van der Waals surface area contributed by atoms with E-state index < -0.39 is 5.60 Å². The number of rotatable bonds is 7. The number of aliphatic hydroxyl groups is 1. The molecule has 0 aromatic heterocycles. The Morgan fingerprint density at radius 3 is 2.60 bits per heavy atom. The summed E-state index contributed by atoms with van der Waals surface area (Å²) in [5, 5.41) is 10.6. The van der Waals surface area contributed by atoms with E-state index in [0.717, 1.165) is 38.2 Å². The highest BCUT2D eigenvalue weighted by Gasteiger charge is 2.27. The number of ether oxygens (including phenoxy) is 2. The van der Waals surface area contributed by atoms with E-state index in [9.17, 15) is 5.11 Å². The van der Waals surface area contributed by atoms with E-state index in [1.165, 1.54) is 0 Å². The molecule has 1 atom stereocenters. The normalized spacial score (nSPS) is 19.7. The molecule has 0 saturated carbocycles. The van der Waals surface area contributed by atoms with Crippen LogP contribution in [0.5, 0.6) is 0 Å². The molecule has 1 saturated heterocycles. The molecular formula is C16H25NO3. The molecule has 0 amide bonds. The smallest absolute Gasteiger partial charge is 0.104 e. The highest BCUT2D eigenvalue weighted by atomic mass is 16.5. The van der Waals surface area contributed by atoms with Gasteiger partial charge in [0.15, 0.2) is 0 Å². The maximum atomic E-state index is 10.6. The van der Waals surface area contributed by atoms with Crippen LogP contribution in [0.25, 0.3) is 0 Å². The van der Waals surface area contributed by atoms with Crippen LogP contribution in [-0.4, -0.2) is 38.1 Å². The summed E-state index contributed by atoms with van der Waals surface area (Å²) in [6.45, 7) is 3.16. The fraction of sp³-hybridized carbons (Fsp3) is 0.625. The minimum Gasteiger partial charge on any atom is -0.384 e. The summed E-state index contributed by atoms with van der Waals surface area (Å²) in [4.78, 5) is 0. The minimum absolute atomic E-state index is 0.206. The van der Waals surface area contributed by atoms with Crippen molar-refractivity contribution >= 4 is 0 Å². The Morgan fingerprint density at radius 2 is 1.95 bits per heavy atom. The molecule has 0 spiro atoms. The van der Waals surface area contributed by atoms with Crippen molar-refractivity contribution < 1.29 is 14.6 Å². The van der Waals surface area contributed by atoms with Crippen molar-refractivity contribution in [2.45, 2.75) is 24.9 Å². The zero-order valence-electron chi connectivity index (χ0n) is 12.0. The predicted molar refractivity (Wildman–Crippen MR) is 78.4 cm³/mol. The summed E-state index contributed by atoms with van der Waals surface area (Å²) in [5.41, 5.74) is 5.61. The van der Waals surface area contributed by atoms with Gasteiger partial charge in [0.1, 0.15) is 5.60 Å². The van der Waals surface area contributed by atoms with Gasteiger partial charge in [0, 0.05) is 39.4 Å². The van der Waals surface area contributed by atoms with Crippen LogP contribution in [0.3, 0.4) is 0 Å². The van der Waals surface area contributed by atoms with E-state index in [2.05, 4.69) is 0 Å². The standard InChI is InChI=1S/C16H25NO3/c17-13-16(18,15-4-2-1-3-5-15)8-11-20-12-14-6-9-19-10-7-14/h1-5,14,18H,6-13,17H2. The zero-order chi connectivity index (χ0) is 14.3. The molecular weight excluding hydrogens is 254 g/mol. The molecule has 112 valence electrons. The third-order valence-corrected chi connectivity index (χ3v) is 4.00. The second kappa shape index (κ2) is 7.74. The summed E-state index contributed by atoms with van der Waals surface area (Å²) >= 11 is 0. The van der Waals surface area contributed by atoms with Crippen LogP contribution < -0.4 is 5.73 Å². The van der Waals surface area contributed by atoms with Gasteiger partial charge >= 0.3 is 0 Å². The summed E-state index contributed by atoms with van der Waals surface area (Å²) in [6, 6.07) is 9.58. The molecule has 0 aliphatic carbocycles. The number of hydrogen-bond donors (Lipinski definition) is 2. The van der Waals surface area contributed by atoms with Gasteiger partial charge in [-0.05, 0) is 24.3 Å². The highest BCUT2D eigenvalue weighted by molar-refractivity contribution is 5.22. The molecule has 4 heteroatoms. The van der Waals surface area contributed by atoms with Crippen LogP contribution in [0, 0.1) is 5.92 Å². The van der Waals surface area contributed by atoms with Crippen LogP contribution in [0.4, 0.5) is 0 Å². The van der Waals surface area contributed by atoms with Gasteiger partial charge in [0.25, 0.3) is 0 Å². The fourth-order valence-electron chi connectivity index (χ4n) is 2.52. The van der Waals surface area contributed by atoms with Crippen LogP contribution in [0.15, 0.2) is 30.3 Å². The van der Waals surface area contributed by atoms with Crippen LogP contribution >= 0.6 is 0 Å². The predicted octanol–water partition coefficient (Wildman–Crippen LogP) is 1.67. The topological polar surface area (TPSA) is 64.7 Å². The third-order valence-electron chi connectivity index (χ3n) is 4.00. The Labute approximate surface area is 120 Å². The molecule has 1 unspecified atom stereocenters. The van der Waals surface area contributed by atoms with Gasteiger partial charge in [0.05, 0.1) is 0 Å². The molecule has 2 rings (SSSR count). The Hall–Kier alpha value is -0.940. The molecule has 1 heterocycles. The van der Waals surface area contributed by atoms with E-state index in [4.69, 9.17) is 15.2 Å². The molecule has 1 aromatic rings. The first kappa shape index (κ1) is 15.4. The maximum Gasteiger partial charge on any atom is 0.104 e. The molecule has 1 aliphatic heterocycles. The van der Waals surface area contributed by atoms with Crippen molar-refractivity contribution in [1.82, 2.24) is 0 Å². The molecule has 1 fully saturated rings. The van der Waals surface area contributed by atoms with Gasteiger partial charge in [-0.3, -0.25) is 0 Å². The quantitative estimate of drug-likeness (QED) is 0.745. The van der Waals surface area contributed by atoms with Gasteiger partial charge in [-0.25, -0.2) is 0 Å². The summed E-state index contributed by atoms with van der Waals surface area (Å²) < 4.78 is 11.0. The monoisotopic (exact) mass is 279 g/mol. The van der Waals surface area contributed by atoms with Gasteiger partial charge in [0.2, 0.25) is 0 Å². The average Bonchev–Trinajstić information content (AvgIpc) is 2.53. The van der Waals surface area contributed by atoms with Crippen molar-refractivity contribution in [2.75, 3.05) is 33.0 Å². The minimum atomic E-state index is -0.989. The lowest BCUT2D eigenvalue weighted by Crippen LogP contribution is -2.36. The number of hydrogen-bond acceptors (Lipinski definition) is 4. The second-order valence-corrected chi connectivity index (χ2v) is 5.48. The summed E-state index contributed by atoms with van der Waals surface area (Å²) in [7, 11) is 0. The third kappa shape index (κ3) is 4.28.